The highest BCUT2D eigenvalue weighted by Gasteiger charge is 2.11. The molecule has 0 saturated carbocycles. The van der Waals surface area contributed by atoms with Crippen LogP contribution in [0.1, 0.15) is 15.9 Å². The van der Waals surface area contributed by atoms with Gasteiger partial charge in [-0.25, -0.2) is 9.49 Å². The number of carbonyl (C=O) groups is 1. The average Bonchev–Trinajstić information content (AvgIpc) is 2.80. The Balaban J connectivity index is 2.14. The first-order valence-electron chi connectivity index (χ1n) is 5.14. The van der Waals surface area contributed by atoms with Crippen molar-refractivity contribution < 1.29 is 13.9 Å². The van der Waals surface area contributed by atoms with E-state index in [0.717, 1.165) is 6.07 Å². The fourth-order valence-corrected chi connectivity index (χ4v) is 1.31. The van der Waals surface area contributed by atoms with Gasteiger partial charge in [-0.3, -0.25) is 10.1 Å². The van der Waals surface area contributed by atoms with E-state index >= 15 is 0 Å². The number of benzene rings is 1. The summed E-state index contributed by atoms with van der Waals surface area (Å²) < 4.78 is 18.1. The summed E-state index contributed by atoms with van der Waals surface area (Å²) in [5.74, 6) is -0.775. The van der Waals surface area contributed by atoms with Gasteiger partial charge in [-0.05, 0) is 24.6 Å². The van der Waals surface area contributed by atoms with Gasteiger partial charge in [0.2, 0.25) is 5.95 Å². The Hall–Kier alpha value is -2.44. The van der Waals surface area contributed by atoms with Gasteiger partial charge in [0.25, 0.3) is 5.91 Å². The Labute approximate surface area is 102 Å². The van der Waals surface area contributed by atoms with Gasteiger partial charge < -0.3 is 4.74 Å². The van der Waals surface area contributed by atoms with Crippen molar-refractivity contribution in [2.24, 2.45) is 0 Å². The van der Waals surface area contributed by atoms with Crippen LogP contribution in [0.3, 0.4) is 0 Å². The Morgan fingerprint density at radius 3 is 2.89 bits per heavy atom. The lowest BCUT2D eigenvalue weighted by Gasteiger charge is -2.02. The highest BCUT2D eigenvalue weighted by molar-refractivity contribution is 6.03. The van der Waals surface area contributed by atoms with E-state index in [2.05, 4.69) is 20.5 Å². The summed E-state index contributed by atoms with van der Waals surface area (Å²) in [4.78, 5) is 15.6. The van der Waals surface area contributed by atoms with Crippen LogP contribution in [-0.2, 0) is 0 Å². The maximum Gasteiger partial charge on any atom is 0.336 e. The zero-order valence-corrected chi connectivity index (χ0v) is 9.82. The molecule has 1 aromatic heterocycles. The summed E-state index contributed by atoms with van der Waals surface area (Å²) in [6.45, 7) is 1.62. The number of hydrogen-bond donors (Lipinski definition) is 2. The molecule has 7 heteroatoms. The molecule has 2 rings (SSSR count). The molecule has 0 atom stereocenters. The standard InChI is InChI=1S/C11H11FN4O2/c1-6-3-4-7(5-8(6)12)9(17)13-10-14-11(18-2)16-15-10/h3-5H,1-2H3,(H2,13,14,15,16,17). The van der Waals surface area contributed by atoms with Crippen molar-refractivity contribution in [2.75, 3.05) is 12.4 Å². The van der Waals surface area contributed by atoms with Crippen molar-refractivity contribution in [1.82, 2.24) is 15.2 Å². The third-order valence-electron chi connectivity index (χ3n) is 2.31. The fraction of sp³-hybridized carbons (Fsp3) is 0.182. The van der Waals surface area contributed by atoms with Gasteiger partial charge in [-0.15, -0.1) is 5.10 Å². The SMILES string of the molecule is COc1n[nH]c(NC(=O)c2ccc(C)c(F)c2)n1. The predicted octanol–water partition coefficient (Wildman–Crippen LogP) is 1.51. The molecular weight excluding hydrogens is 239 g/mol. The van der Waals surface area contributed by atoms with Crippen LogP contribution in [0.5, 0.6) is 6.01 Å². The van der Waals surface area contributed by atoms with E-state index in [1.54, 1.807) is 6.92 Å². The number of aryl methyl sites for hydroxylation is 1. The molecule has 0 unspecified atom stereocenters. The molecule has 0 aliphatic rings. The van der Waals surface area contributed by atoms with Crippen LogP contribution in [0.15, 0.2) is 18.2 Å². The number of aromatic nitrogens is 3. The van der Waals surface area contributed by atoms with E-state index in [1.807, 2.05) is 0 Å². The van der Waals surface area contributed by atoms with Crippen LogP contribution in [0, 0.1) is 12.7 Å². The first-order chi connectivity index (χ1) is 8.60. The number of carbonyl (C=O) groups excluding carboxylic acids is 1. The zero-order chi connectivity index (χ0) is 13.1. The minimum Gasteiger partial charge on any atom is -0.466 e. The molecule has 0 aliphatic heterocycles. The monoisotopic (exact) mass is 250 g/mol. The predicted molar refractivity (Wildman–Crippen MR) is 62.0 cm³/mol. The lowest BCUT2D eigenvalue weighted by atomic mass is 10.1. The van der Waals surface area contributed by atoms with Crippen molar-refractivity contribution in [2.45, 2.75) is 6.92 Å². The second-order valence-electron chi connectivity index (χ2n) is 3.59. The average molecular weight is 250 g/mol. The summed E-state index contributed by atoms with van der Waals surface area (Å²) in [6.07, 6.45) is 0. The van der Waals surface area contributed by atoms with Gasteiger partial charge in [0.05, 0.1) is 7.11 Å². The van der Waals surface area contributed by atoms with Crippen LogP contribution in [-0.4, -0.2) is 28.2 Å². The second kappa shape index (κ2) is 4.82. The van der Waals surface area contributed by atoms with E-state index in [4.69, 9.17) is 4.74 Å². The number of nitrogens with zero attached hydrogens (tertiary/aromatic N) is 2. The van der Waals surface area contributed by atoms with Crippen molar-refractivity contribution in [3.8, 4) is 6.01 Å². The Bertz CT molecular complexity index is 582. The summed E-state index contributed by atoms with van der Waals surface area (Å²) >= 11 is 0. The highest BCUT2D eigenvalue weighted by Crippen LogP contribution is 2.11. The molecule has 0 bridgehead atoms. The lowest BCUT2D eigenvalue weighted by molar-refractivity contribution is 0.102. The van der Waals surface area contributed by atoms with E-state index < -0.39 is 11.7 Å². The number of rotatable bonds is 3. The molecule has 1 aromatic carbocycles. The first-order valence-corrected chi connectivity index (χ1v) is 5.14. The third kappa shape index (κ3) is 2.45. The molecule has 0 fully saturated rings. The largest absolute Gasteiger partial charge is 0.466 e. The van der Waals surface area contributed by atoms with Crippen molar-refractivity contribution in [1.29, 1.82) is 0 Å². The molecule has 0 radical (unpaired) electrons. The minimum absolute atomic E-state index is 0.111. The van der Waals surface area contributed by atoms with Gasteiger partial charge in [0.15, 0.2) is 0 Å². The van der Waals surface area contributed by atoms with E-state index in [1.165, 1.54) is 19.2 Å². The van der Waals surface area contributed by atoms with Gasteiger partial charge in [-0.1, -0.05) is 6.07 Å². The van der Waals surface area contributed by atoms with Gasteiger partial charge in [0.1, 0.15) is 5.82 Å². The highest BCUT2D eigenvalue weighted by atomic mass is 19.1. The topological polar surface area (TPSA) is 79.9 Å². The van der Waals surface area contributed by atoms with Gasteiger partial charge in [-0.2, -0.15) is 4.98 Å². The second-order valence-corrected chi connectivity index (χ2v) is 3.59. The summed E-state index contributed by atoms with van der Waals surface area (Å²) in [5.41, 5.74) is 0.682. The number of methoxy groups -OCH3 is 1. The number of anilines is 1. The van der Waals surface area contributed by atoms with Crippen LogP contribution in [0.4, 0.5) is 10.3 Å². The number of ether oxygens (including phenoxy) is 1. The molecule has 0 aliphatic carbocycles. The number of aromatic amines is 1. The molecule has 1 amide bonds. The molecule has 0 spiro atoms. The number of halogens is 1. The molecule has 1 heterocycles. The molecule has 0 saturated heterocycles. The molecule has 94 valence electrons. The minimum atomic E-state index is -0.479. The molecule has 2 N–H and O–H groups in total. The quantitative estimate of drug-likeness (QED) is 0.865. The molecule has 2 aromatic rings. The normalized spacial score (nSPS) is 10.2. The number of H-pyrrole nitrogens is 1. The summed E-state index contributed by atoms with van der Waals surface area (Å²) in [5, 5.41) is 8.58. The van der Waals surface area contributed by atoms with Gasteiger partial charge in [0, 0.05) is 5.56 Å². The number of nitrogens with one attached hydrogen (secondary N) is 2. The van der Waals surface area contributed by atoms with Crippen molar-refractivity contribution in [3.63, 3.8) is 0 Å². The lowest BCUT2D eigenvalue weighted by Crippen LogP contribution is -2.13. The zero-order valence-electron chi connectivity index (χ0n) is 9.82. The maximum atomic E-state index is 13.3. The van der Waals surface area contributed by atoms with E-state index in [-0.39, 0.29) is 17.5 Å². The van der Waals surface area contributed by atoms with Crippen molar-refractivity contribution >= 4 is 11.9 Å². The van der Waals surface area contributed by atoms with Crippen LogP contribution in [0.2, 0.25) is 0 Å². The number of hydrogen-bond acceptors (Lipinski definition) is 4. The first kappa shape index (κ1) is 12.0. The Kier molecular flexibility index (Phi) is 3.22. The fourth-order valence-electron chi connectivity index (χ4n) is 1.31. The summed E-state index contributed by atoms with van der Waals surface area (Å²) in [7, 11) is 1.41. The van der Waals surface area contributed by atoms with Crippen LogP contribution < -0.4 is 10.1 Å². The Morgan fingerprint density at radius 1 is 1.50 bits per heavy atom. The molecular formula is C11H11FN4O2. The van der Waals surface area contributed by atoms with Gasteiger partial charge >= 0.3 is 6.01 Å². The maximum absolute atomic E-state index is 13.3. The third-order valence-corrected chi connectivity index (χ3v) is 2.31. The van der Waals surface area contributed by atoms with E-state index in [9.17, 15) is 9.18 Å². The Morgan fingerprint density at radius 2 is 2.28 bits per heavy atom. The summed E-state index contributed by atoms with van der Waals surface area (Å²) in [6, 6.07) is 4.34. The van der Waals surface area contributed by atoms with E-state index in [0.29, 0.717) is 5.56 Å². The smallest absolute Gasteiger partial charge is 0.336 e. The number of amides is 1. The molecule has 18 heavy (non-hydrogen) atoms. The van der Waals surface area contributed by atoms with Crippen molar-refractivity contribution in [3.05, 3.63) is 35.1 Å². The van der Waals surface area contributed by atoms with Crippen LogP contribution in [0.25, 0.3) is 0 Å². The van der Waals surface area contributed by atoms with Crippen LogP contribution >= 0.6 is 0 Å². The molecule has 6 nitrogen and oxygen atoms in total.